The minimum atomic E-state index is -1.22. The number of aliphatic carboxylic acids is 1. The van der Waals surface area contributed by atoms with Gasteiger partial charge in [0.1, 0.15) is 12.1 Å². The molecule has 12 heteroatoms. The van der Waals surface area contributed by atoms with E-state index in [1.807, 2.05) is 6.07 Å². The Bertz CT molecular complexity index is 856. The molecule has 0 aromatic heterocycles. The molecule has 0 aliphatic carbocycles. The van der Waals surface area contributed by atoms with Gasteiger partial charge in [0.2, 0.25) is 17.7 Å². The summed E-state index contributed by atoms with van der Waals surface area (Å²) < 4.78 is 0. The first kappa shape index (κ1) is 28.4. The van der Waals surface area contributed by atoms with Crippen LogP contribution in [0.15, 0.2) is 35.3 Å². The van der Waals surface area contributed by atoms with Crippen LogP contribution in [-0.4, -0.2) is 66.0 Å². The Labute approximate surface area is 198 Å². The van der Waals surface area contributed by atoms with Gasteiger partial charge in [0.05, 0.1) is 12.6 Å². The van der Waals surface area contributed by atoms with Crippen LogP contribution in [0.4, 0.5) is 0 Å². The number of nitrogens with one attached hydrogen (secondary N) is 3. The standard InChI is InChI=1S/C22H35N7O5/c1-13(2)18(23)20(32)29-16(11-14-7-4-3-5-8-14)19(31)27-12-17(30)28-15(21(33)34)9-6-10-26-22(24)25/h3-5,7-8,13,15-16,18H,6,9-12,23H2,1-2H3,(H,27,31)(H,28,30)(H,29,32)(H,33,34)(H4,24,25,26). The number of carbonyl (C=O) groups excluding carboxylic acids is 3. The highest BCUT2D eigenvalue weighted by Gasteiger charge is 2.26. The molecular weight excluding hydrogens is 442 g/mol. The lowest BCUT2D eigenvalue weighted by Gasteiger charge is -2.22. The van der Waals surface area contributed by atoms with Crippen LogP contribution >= 0.6 is 0 Å². The van der Waals surface area contributed by atoms with E-state index >= 15 is 0 Å². The minimum Gasteiger partial charge on any atom is -0.480 e. The quantitative estimate of drug-likeness (QED) is 0.0942. The summed E-state index contributed by atoms with van der Waals surface area (Å²) >= 11 is 0. The number of aliphatic imine (C=N–C) groups is 1. The molecule has 10 N–H and O–H groups in total. The van der Waals surface area contributed by atoms with Gasteiger partial charge in [-0.2, -0.15) is 0 Å². The van der Waals surface area contributed by atoms with Crippen molar-refractivity contribution in [3.63, 3.8) is 0 Å². The highest BCUT2D eigenvalue weighted by atomic mass is 16.4. The van der Waals surface area contributed by atoms with E-state index in [2.05, 4.69) is 20.9 Å². The molecule has 3 unspecified atom stereocenters. The van der Waals surface area contributed by atoms with Gasteiger partial charge in [-0.3, -0.25) is 19.4 Å². The lowest BCUT2D eigenvalue weighted by Crippen LogP contribution is -2.55. The number of rotatable bonds is 14. The van der Waals surface area contributed by atoms with Crippen LogP contribution in [0.2, 0.25) is 0 Å². The van der Waals surface area contributed by atoms with E-state index in [1.54, 1.807) is 38.1 Å². The molecule has 0 saturated heterocycles. The van der Waals surface area contributed by atoms with E-state index in [-0.39, 0.29) is 31.3 Å². The van der Waals surface area contributed by atoms with Crippen LogP contribution in [0.5, 0.6) is 0 Å². The molecule has 188 valence electrons. The predicted octanol–water partition coefficient (Wildman–Crippen LogP) is -1.56. The molecule has 1 aromatic rings. The molecule has 0 fully saturated rings. The Morgan fingerprint density at radius 2 is 1.65 bits per heavy atom. The number of guanidine groups is 1. The van der Waals surface area contributed by atoms with Gasteiger partial charge in [-0.15, -0.1) is 0 Å². The molecule has 0 radical (unpaired) electrons. The van der Waals surface area contributed by atoms with Gasteiger partial charge in [-0.25, -0.2) is 4.79 Å². The summed E-state index contributed by atoms with van der Waals surface area (Å²) in [4.78, 5) is 52.6. The van der Waals surface area contributed by atoms with E-state index in [9.17, 15) is 24.3 Å². The van der Waals surface area contributed by atoms with Gasteiger partial charge < -0.3 is 38.3 Å². The maximum atomic E-state index is 12.8. The number of benzene rings is 1. The first-order chi connectivity index (χ1) is 16.0. The fraction of sp³-hybridized carbons (Fsp3) is 0.500. The second-order valence-electron chi connectivity index (χ2n) is 8.15. The maximum Gasteiger partial charge on any atom is 0.326 e. The van der Waals surface area contributed by atoms with Crippen molar-refractivity contribution in [3.8, 4) is 0 Å². The smallest absolute Gasteiger partial charge is 0.326 e. The van der Waals surface area contributed by atoms with E-state index < -0.39 is 48.4 Å². The highest BCUT2D eigenvalue weighted by molar-refractivity contribution is 5.92. The van der Waals surface area contributed by atoms with Crippen LogP contribution in [-0.2, 0) is 25.6 Å². The van der Waals surface area contributed by atoms with E-state index in [4.69, 9.17) is 17.2 Å². The zero-order chi connectivity index (χ0) is 25.7. The van der Waals surface area contributed by atoms with Crippen LogP contribution < -0.4 is 33.2 Å². The number of carbonyl (C=O) groups is 4. The fourth-order valence-electron chi connectivity index (χ4n) is 2.93. The fourth-order valence-corrected chi connectivity index (χ4v) is 2.93. The van der Waals surface area contributed by atoms with Crippen LogP contribution in [0.25, 0.3) is 0 Å². The molecule has 0 bridgehead atoms. The Morgan fingerprint density at radius 1 is 1.00 bits per heavy atom. The summed E-state index contributed by atoms with van der Waals surface area (Å²) in [5, 5.41) is 16.7. The number of carboxylic acid groups (broad SMARTS) is 1. The van der Waals surface area contributed by atoms with Crippen molar-refractivity contribution in [1.29, 1.82) is 0 Å². The van der Waals surface area contributed by atoms with Crippen LogP contribution in [0.1, 0.15) is 32.3 Å². The second kappa shape index (κ2) is 14.5. The van der Waals surface area contributed by atoms with E-state index in [0.717, 1.165) is 5.56 Å². The van der Waals surface area contributed by atoms with Gasteiger partial charge in [-0.05, 0) is 24.3 Å². The molecule has 0 aliphatic heterocycles. The molecule has 0 aliphatic rings. The van der Waals surface area contributed by atoms with Gasteiger partial charge in [0, 0.05) is 13.0 Å². The molecule has 12 nitrogen and oxygen atoms in total. The number of hydrogen-bond donors (Lipinski definition) is 7. The third-order valence-corrected chi connectivity index (χ3v) is 4.94. The Kier molecular flexibility index (Phi) is 12.1. The Balaban J connectivity index is 2.72. The first-order valence-corrected chi connectivity index (χ1v) is 11.0. The van der Waals surface area contributed by atoms with E-state index in [1.165, 1.54) is 0 Å². The van der Waals surface area contributed by atoms with E-state index in [0.29, 0.717) is 6.42 Å². The lowest BCUT2D eigenvalue weighted by molar-refractivity contribution is -0.142. The largest absolute Gasteiger partial charge is 0.480 e. The summed E-state index contributed by atoms with van der Waals surface area (Å²) in [5.41, 5.74) is 17.1. The van der Waals surface area contributed by atoms with Crippen molar-refractivity contribution < 1.29 is 24.3 Å². The lowest BCUT2D eigenvalue weighted by atomic mass is 10.0. The van der Waals surface area contributed by atoms with Crippen molar-refractivity contribution in [2.75, 3.05) is 13.1 Å². The van der Waals surface area contributed by atoms with Crippen molar-refractivity contribution in [3.05, 3.63) is 35.9 Å². The first-order valence-electron chi connectivity index (χ1n) is 11.0. The molecule has 1 rings (SSSR count). The highest BCUT2D eigenvalue weighted by Crippen LogP contribution is 2.06. The maximum absolute atomic E-state index is 12.8. The van der Waals surface area contributed by atoms with Gasteiger partial charge in [0.25, 0.3) is 0 Å². The molecule has 0 spiro atoms. The molecule has 34 heavy (non-hydrogen) atoms. The topological polar surface area (TPSA) is 215 Å². The zero-order valence-electron chi connectivity index (χ0n) is 19.5. The molecule has 3 atom stereocenters. The normalized spacial score (nSPS) is 13.3. The van der Waals surface area contributed by atoms with Gasteiger partial charge in [0.15, 0.2) is 5.96 Å². The molecule has 3 amide bonds. The van der Waals surface area contributed by atoms with Gasteiger partial charge in [-0.1, -0.05) is 44.2 Å². The summed E-state index contributed by atoms with van der Waals surface area (Å²) in [7, 11) is 0. The average Bonchev–Trinajstić information content (AvgIpc) is 2.78. The van der Waals surface area contributed by atoms with Crippen molar-refractivity contribution in [2.45, 2.75) is 51.2 Å². The number of carboxylic acids is 1. The average molecular weight is 478 g/mol. The molecule has 0 heterocycles. The Hall–Kier alpha value is -3.67. The number of nitrogens with two attached hydrogens (primary N) is 3. The van der Waals surface area contributed by atoms with Crippen molar-refractivity contribution in [1.82, 2.24) is 16.0 Å². The van der Waals surface area contributed by atoms with Crippen LogP contribution in [0, 0.1) is 5.92 Å². The Morgan fingerprint density at radius 3 is 2.21 bits per heavy atom. The second-order valence-corrected chi connectivity index (χ2v) is 8.15. The van der Waals surface area contributed by atoms with Crippen LogP contribution in [0.3, 0.4) is 0 Å². The van der Waals surface area contributed by atoms with Crippen molar-refractivity contribution in [2.24, 2.45) is 28.1 Å². The number of hydrogen-bond acceptors (Lipinski definition) is 6. The third-order valence-electron chi connectivity index (χ3n) is 4.94. The zero-order valence-corrected chi connectivity index (χ0v) is 19.5. The minimum absolute atomic E-state index is 0.103. The van der Waals surface area contributed by atoms with Gasteiger partial charge >= 0.3 is 5.97 Å². The molecule has 0 saturated carbocycles. The molecule has 1 aromatic carbocycles. The van der Waals surface area contributed by atoms with Crippen molar-refractivity contribution >= 4 is 29.7 Å². The SMILES string of the molecule is CC(C)C(N)C(=O)NC(Cc1ccccc1)C(=O)NCC(=O)NC(CCCN=C(N)N)C(=O)O. The summed E-state index contributed by atoms with van der Waals surface area (Å²) in [6.45, 7) is 3.33. The monoisotopic (exact) mass is 477 g/mol. The number of nitrogens with zero attached hydrogens (tertiary/aromatic N) is 1. The number of amides is 3. The predicted molar refractivity (Wildman–Crippen MR) is 127 cm³/mol. The summed E-state index contributed by atoms with van der Waals surface area (Å²) in [6, 6.07) is 6.11. The molecular formula is C22H35N7O5. The third kappa shape index (κ3) is 10.8. The summed E-state index contributed by atoms with van der Waals surface area (Å²) in [5.74, 6) is -3.23. The summed E-state index contributed by atoms with van der Waals surface area (Å²) in [6.07, 6.45) is 0.627.